The van der Waals surface area contributed by atoms with Gasteiger partial charge < -0.3 is 14.7 Å². The maximum Gasteiger partial charge on any atom is 0.293 e. The molecule has 0 saturated heterocycles. The average molecular weight is 207 g/mol. The summed E-state index contributed by atoms with van der Waals surface area (Å²) in [6, 6.07) is 3.46. The lowest BCUT2D eigenvalue weighted by molar-refractivity contribution is 0.401. The van der Waals surface area contributed by atoms with Crippen molar-refractivity contribution in [2.24, 2.45) is 5.73 Å². The molecular weight excluding hydrogens is 194 g/mol. The van der Waals surface area contributed by atoms with E-state index in [-0.39, 0.29) is 6.04 Å². The summed E-state index contributed by atoms with van der Waals surface area (Å²) in [5, 5.41) is 3.80. The number of hydrogen-bond acceptors (Lipinski definition) is 5. The molecule has 0 aromatic carbocycles. The van der Waals surface area contributed by atoms with Crippen LogP contribution in [0.4, 0.5) is 0 Å². The van der Waals surface area contributed by atoms with Crippen molar-refractivity contribution < 1.29 is 8.94 Å². The zero-order valence-corrected chi connectivity index (χ0v) is 8.73. The van der Waals surface area contributed by atoms with E-state index in [0.29, 0.717) is 17.5 Å². The van der Waals surface area contributed by atoms with Crippen LogP contribution in [0.25, 0.3) is 11.7 Å². The van der Waals surface area contributed by atoms with Crippen LogP contribution in [0.1, 0.15) is 31.0 Å². The van der Waals surface area contributed by atoms with Crippen LogP contribution >= 0.6 is 0 Å². The lowest BCUT2D eigenvalue weighted by Gasteiger charge is -1.98. The van der Waals surface area contributed by atoms with Gasteiger partial charge in [-0.15, -0.1) is 0 Å². The van der Waals surface area contributed by atoms with E-state index in [1.165, 1.54) is 0 Å². The molecule has 2 aromatic heterocycles. The first-order valence-corrected chi connectivity index (χ1v) is 4.86. The average Bonchev–Trinajstić information content (AvgIpc) is 2.84. The van der Waals surface area contributed by atoms with Crippen LogP contribution in [0.3, 0.4) is 0 Å². The van der Waals surface area contributed by atoms with Crippen molar-refractivity contribution in [1.82, 2.24) is 10.1 Å². The van der Waals surface area contributed by atoms with Crippen molar-refractivity contribution >= 4 is 0 Å². The zero-order valence-electron chi connectivity index (χ0n) is 8.73. The third-order valence-corrected chi connectivity index (χ3v) is 2.16. The van der Waals surface area contributed by atoms with E-state index >= 15 is 0 Å². The Labute approximate surface area is 87.3 Å². The molecule has 5 nitrogen and oxygen atoms in total. The minimum atomic E-state index is -0.182. The van der Waals surface area contributed by atoms with Gasteiger partial charge in [-0.25, -0.2) is 0 Å². The van der Waals surface area contributed by atoms with Crippen molar-refractivity contribution in [3.63, 3.8) is 0 Å². The van der Waals surface area contributed by atoms with Crippen molar-refractivity contribution in [2.75, 3.05) is 0 Å². The molecule has 0 aliphatic heterocycles. The summed E-state index contributed by atoms with van der Waals surface area (Å²) in [5.74, 6) is 2.28. The number of rotatable bonds is 3. The zero-order chi connectivity index (χ0) is 10.8. The summed E-state index contributed by atoms with van der Waals surface area (Å²) in [5.41, 5.74) is 5.78. The van der Waals surface area contributed by atoms with Crippen molar-refractivity contribution in [1.29, 1.82) is 0 Å². The first-order valence-electron chi connectivity index (χ1n) is 4.86. The molecule has 2 aromatic rings. The molecule has 2 rings (SSSR count). The van der Waals surface area contributed by atoms with Crippen LogP contribution in [0.2, 0.25) is 0 Å². The lowest BCUT2D eigenvalue weighted by Crippen LogP contribution is -2.10. The highest BCUT2D eigenvalue weighted by Crippen LogP contribution is 2.21. The fraction of sp³-hybridized carbons (Fsp3) is 0.400. The van der Waals surface area contributed by atoms with E-state index < -0.39 is 0 Å². The molecule has 0 saturated carbocycles. The number of nitrogens with two attached hydrogens (primary N) is 1. The molecule has 80 valence electrons. The van der Waals surface area contributed by atoms with Crippen LogP contribution in [0.5, 0.6) is 0 Å². The Morgan fingerprint density at radius 1 is 1.47 bits per heavy atom. The van der Waals surface area contributed by atoms with Gasteiger partial charge in [0.25, 0.3) is 5.89 Å². The molecule has 0 radical (unpaired) electrons. The molecule has 0 bridgehead atoms. The van der Waals surface area contributed by atoms with Crippen LogP contribution in [-0.4, -0.2) is 10.1 Å². The summed E-state index contributed by atoms with van der Waals surface area (Å²) < 4.78 is 10.4. The number of aromatic nitrogens is 2. The van der Waals surface area contributed by atoms with Crippen molar-refractivity contribution in [3.8, 4) is 11.7 Å². The number of nitrogens with zero attached hydrogens (tertiary/aromatic N) is 2. The van der Waals surface area contributed by atoms with Crippen LogP contribution in [0.15, 0.2) is 21.1 Å². The fourth-order valence-corrected chi connectivity index (χ4v) is 1.22. The largest absolute Gasteiger partial charge is 0.456 e. The Hall–Kier alpha value is -1.62. The normalized spacial score (nSPS) is 13.0. The van der Waals surface area contributed by atoms with Crippen molar-refractivity contribution in [2.45, 2.75) is 26.3 Å². The summed E-state index contributed by atoms with van der Waals surface area (Å²) in [4.78, 5) is 4.17. The molecule has 0 fully saturated rings. The fourth-order valence-electron chi connectivity index (χ4n) is 1.22. The SMILES string of the molecule is CCC(N)c1noc(-c2ccc(C)o2)n1. The third-order valence-electron chi connectivity index (χ3n) is 2.16. The van der Waals surface area contributed by atoms with Gasteiger partial charge in [0.15, 0.2) is 11.6 Å². The Kier molecular flexibility index (Phi) is 2.55. The van der Waals surface area contributed by atoms with Gasteiger partial charge in [0, 0.05) is 0 Å². The van der Waals surface area contributed by atoms with Gasteiger partial charge in [-0.2, -0.15) is 4.98 Å². The van der Waals surface area contributed by atoms with Crippen LogP contribution in [-0.2, 0) is 0 Å². The Bertz CT molecular complexity index is 447. The highest BCUT2D eigenvalue weighted by Gasteiger charge is 2.15. The number of furan rings is 1. The molecule has 0 aliphatic rings. The second kappa shape index (κ2) is 3.86. The first kappa shape index (κ1) is 9.92. The lowest BCUT2D eigenvalue weighted by atomic mass is 10.2. The second-order valence-corrected chi connectivity index (χ2v) is 3.38. The molecule has 1 atom stereocenters. The van der Waals surface area contributed by atoms with Crippen molar-refractivity contribution in [3.05, 3.63) is 23.7 Å². The van der Waals surface area contributed by atoms with E-state index in [1.807, 2.05) is 19.9 Å². The molecule has 0 amide bonds. The molecule has 2 heterocycles. The minimum Gasteiger partial charge on any atom is -0.456 e. The maximum absolute atomic E-state index is 5.78. The predicted molar refractivity (Wildman–Crippen MR) is 54.0 cm³/mol. The smallest absolute Gasteiger partial charge is 0.293 e. The van der Waals surface area contributed by atoms with Crippen LogP contribution in [0, 0.1) is 6.92 Å². The molecule has 0 aliphatic carbocycles. The molecule has 15 heavy (non-hydrogen) atoms. The first-order chi connectivity index (χ1) is 7.20. The molecule has 1 unspecified atom stereocenters. The highest BCUT2D eigenvalue weighted by atomic mass is 16.5. The van der Waals surface area contributed by atoms with Gasteiger partial charge in [-0.05, 0) is 25.5 Å². The number of aryl methyl sites for hydroxylation is 1. The van der Waals surface area contributed by atoms with E-state index in [9.17, 15) is 0 Å². The Morgan fingerprint density at radius 3 is 2.87 bits per heavy atom. The quantitative estimate of drug-likeness (QED) is 0.833. The number of hydrogen-bond donors (Lipinski definition) is 1. The minimum absolute atomic E-state index is 0.182. The van der Waals surface area contributed by atoms with E-state index in [1.54, 1.807) is 6.07 Å². The molecule has 5 heteroatoms. The van der Waals surface area contributed by atoms with Gasteiger partial charge >= 0.3 is 0 Å². The van der Waals surface area contributed by atoms with E-state index in [2.05, 4.69) is 10.1 Å². The summed E-state index contributed by atoms with van der Waals surface area (Å²) in [6.45, 7) is 3.83. The third kappa shape index (κ3) is 1.92. The Balaban J connectivity index is 2.27. The van der Waals surface area contributed by atoms with Gasteiger partial charge in [-0.3, -0.25) is 0 Å². The van der Waals surface area contributed by atoms with E-state index in [4.69, 9.17) is 14.7 Å². The van der Waals surface area contributed by atoms with Crippen LogP contribution < -0.4 is 5.73 Å². The van der Waals surface area contributed by atoms with Gasteiger partial charge in [-0.1, -0.05) is 12.1 Å². The molecular formula is C10H13N3O2. The molecule has 0 spiro atoms. The van der Waals surface area contributed by atoms with Gasteiger partial charge in [0.05, 0.1) is 6.04 Å². The monoisotopic (exact) mass is 207 g/mol. The maximum atomic E-state index is 5.78. The highest BCUT2D eigenvalue weighted by molar-refractivity contribution is 5.44. The second-order valence-electron chi connectivity index (χ2n) is 3.38. The topological polar surface area (TPSA) is 78.1 Å². The summed E-state index contributed by atoms with van der Waals surface area (Å²) in [7, 11) is 0. The summed E-state index contributed by atoms with van der Waals surface area (Å²) in [6.07, 6.45) is 0.774. The Morgan fingerprint density at radius 2 is 2.27 bits per heavy atom. The van der Waals surface area contributed by atoms with Gasteiger partial charge in [0.2, 0.25) is 0 Å². The summed E-state index contributed by atoms with van der Waals surface area (Å²) >= 11 is 0. The predicted octanol–water partition coefficient (Wildman–Crippen LogP) is 2.05. The molecule has 2 N–H and O–H groups in total. The standard InChI is InChI=1S/C10H13N3O2/c1-3-7(11)9-12-10(15-13-9)8-5-4-6(2)14-8/h4-5,7H,3,11H2,1-2H3. The van der Waals surface area contributed by atoms with Gasteiger partial charge in [0.1, 0.15) is 5.76 Å². The van der Waals surface area contributed by atoms with E-state index in [0.717, 1.165) is 12.2 Å².